The molecule has 1 N–H and O–H groups in total. The van der Waals surface area contributed by atoms with Crippen molar-refractivity contribution in [2.24, 2.45) is 0 Å². The second-order valence-electron chi connectivity index (χ2n) is 3.84. The fourth-order valence-corrected chi connectivity index (χ4v) is 1.94. The molecule has 1 saturated carbocycles. The van der Waals surface area contributed by atoms with E-state index in [1.54, 1.807) is 6.20 Å². The summed E-state index contributed by atoms with van der Waals surface area (Å²) < 4.78 is 0. The Morgan fingerprint density at radius 1 is 1.47 bits per heavy atom. The minimum Gasteiger partial charge on any atom is -0.395 e. The normalized spacial score (nSPS) is 16.1. The van der Waals surface area contributed by atoms with Crippen LogP contribution in [0.25, 0.3) is 0 Å². The Morgan fingerprint density at radius 2 is 2.27 bits per heavy atom. The molecule has 4 heteroatoms. The standard InChI is InChI=1S/C11H15ClN2O/c12-9-4-5-11(13-8-9)14(6-7-15)10-2-1-3-10/h4-5,8,10,15H,1-3,6-7H2. The monoisotopic (exact) mass is 226 g/mol. The number of aromatic nitrogens is 1. The largest absolute Gasteiger partial charge is 0.395 e. The molecule has 1 aliphatic rings. The van der Waals surface area contributed by atoms with Gasteiger partial charge in [-0.05, 0) is 31.4 Å². The summed E-state index contributed by atoms with van der Waals surface area (Å²) in [5.74, 6) is 0.915. The van der Waals surface area contributed by atoms with Crippen LogP contribution in [0, 0.1) is 0 Å². The zero-order valence-corrected chi connectivity index (χ0v) is 9.32. The number of hydrogen-bond acceptors (Lipinski definition) is 3. The molecule has 0 spiro atoms. The van der Waals surface area contributed by atoms with E-state index in [0.29, 0.717) is 17.6 Å². The maximum absolute atomic E-state index is 9.03. The lowest BCUT2D eigenvalue weighted by molar-refractivity contribution is 0.283. The molecule has 15 heavy (non-hydrogen) atoms. The first-order valence-corrected chi connectivity index (χ1v) is 5.68. The van der Waals surface area contributed by atoms with E-state index in [1.807, 2.05) is 12.1 Å². The van der Waals surface area contributed by atoms with Crippen LogP contribution in [0.1, 0.15) is 19.3 Å². The Bertz CT molecular complexity index is 311. The summed E-state index contributed by atoms with van der Waals surface area (Å²) in [6, 6.07) is 4.30. The summed E-state index contributed by atoms with van der Waals surface area (Å²) in [7, 11) is 0. The number of hydrogen-bond donors (Lipinski definition) is 1. The summed E-state index contributed by atoms with van der Waals surface area (Å²) in [5.41, 5.74) is 0. The minimum atomic E-state index is 0.167. The molecule has 0 unspecified atom stereocenters. The third kappa shape index (κ3) is 2.41. The van der Waals surface area contributed by atoms with Crippen molar-refractivity contribution in [2.45, 2.75) is 25.3 Å². The lowest BCUT2D eigenvalue weighted by Gasteiger charge is -2.38. The zero-order valence-electron chi connectivity index (χ0n) is 8.56. The molecular weight excluding hydrogens is 212 g/mol. The number of rotatable bonds is 4. The molecule has 1 fully saturated rings. The van der Waals surface area contributed by atoms with E-state index < -0.39 is 0 Å². The number of nitrogens with zero attached hydrogens (tertiary/aromatic N) is 2. The highest BCUT2D eigenvalue weighted by molar-refractivity contribution is 6.30. The second kappa shape index (κ2) is 4.81. The van der Waals surface area contributed by atoms with Crippen molar-refractivity contribution in [1.29, 1.82) is 0 Å². The smallest absolute Gasteiger partial charge is 0.128 e. The Balaban J connectivity index is 2.12. The van der Waals surface area contributed by atoms with E-state index in [-0.39, 0.29) is 6.61 Å². The lowest BCUT2D eigenvalue weighted by atomic mass is 9.91. The van der Waals surface area contributed by atoms with Crippen molar-refractivity contribution in [3.8, 4) is 0 Å². The number of aliphatic hydroxyl groups excluding tert-OH is 1. The summed E-state index contributed by atoms with van der Waals surface area (Å²) in [6.07, 6.45) is 5.33. The summed E-state index contributed by atoms with van der Waals surface area (Å²) in [6.45, 7) is 0.820. The van der Waals surface area contributed by atoms with Gasteiger partial charge in [-0.25, -0.2) is 4.98 Å². The predicted octanol–water partition coefficient (Wildman–Crippen LogP) is 2.09. The molecule has 0 atom stereocenters. The first-order valence-electron chi connectivity index (χ1n) is 5.30. The molecule has 1 aliphatic carbocycles. The molecule has 2 rings (SSSR count). The van der Waals surface area contributed by atoms with Crippen molar-refractivity contribution in [2.75, 3.05) is 18.1 Å². The molecule has 0 aliphatic heterocycles. The number of anilines is 1. The van der Waals surface area contributed by atoms with Crippen LogP contribution in [0.3, 0.4) is 0 Å². The van der Waals surface area contributed by atoms with Crippen molar-refractivity contribution in [1.82, 2.24) is 4.98 Å². The number of aliphatic hydroxyl groups is 1. The summed E-state index contributed by atoms with van der Waals surface area (Å²) >= 11 is 5.79. The van der Waals surface area contributed by atoms with Gasteiger partial charge in [0.15, 0.2) is 0 Å². The Hall–Kier alpha value is -0.800. The van der Waals surface area contributed by atoms with Gasteiger partial charge >= 0.3 is 0 Å². The first-order chi connectivity index (χ1) is 7.31. The van der Waals surface area contributed by atoms with Gasteiger partial charge in [0.05, 0.1) is 11.6 Å². The Kier molecular flexibility index (Phi) is 3.44. The van der Waals surface area contributed by atoms with E-state index in [4.69, 9.17) is 16.7 Å². The molecular formula is C11H15ClN2O. The van der Waals surface area contributed by atoms with Crippen LogP contribution in [0.15, 0.2) is 18.3 Å². The van der Waals surface area contributed by atoms with Gasteiger partial charge in [0.25, 0.3) is 0 Å². The topological polar surface area (TPSA) is 36.4 Å². The number of pyridine rings is 1. The van der Waals surface area contributed by atoms with Crippen LogP contribution < -0.4 is 4.90 Å². The van der Waals surface area contributed by atoms with Gasteiger partial charge in [0, 0.05) is 18.8 Å². The van der Waals surface area contributed by atoms with E-state index >= 15 is 0 Å². The second-order valence-corrected chi connectivity index (χ2v) is 4.27. The van der Waals surface area contributed by atoms with Crippen molar-refractivity contribution in [3.63, 3.8) is 0 Å². The van der Waals surface area contributed by atoms with Gasteiger partial charge in [-0.3, -0.25) is 0 Å². The van der Waals surface area contributed by atoms with Gasteiger partial charge in [0.1, 0.15) is 5.82 Å². The molecule has 1 aromatic rings. The molecule has 3 nitrogen and oxygen atoms in total. The average Bonchev–Trinajstić information content (AvgIpc) is 2.16. The van der Waals surface area contributed by atoms with Crippen LogP contribution in [0.5, 0.6) is 0 Å². The highest BCUT2D eigenvalue weighted by Crippen LogP contribution is 2.28. The maximum Gasteiger partial charge on any atom is 0.128 e. The third-order valence-corrected chi connectivity index (χ3v) is 3.09. The minimum absolute atomic E-state index is 0.167. The summed E-state index contributed by atoms with van der Waals surface area (Å²) in [5, 5.41) is 9.67. The van der Waals surface area contributed by atoms with Crippen LogP contribution in [-0.4, -0.2) is 29.3 Å². The van der Waals surface area contributed by atoms with E-state index in [9.17, 15) is 0 Å². The molecule has 0 aromatic carbocycles. The van der Waals surface area contributed by atoms with Crippen LogP contribution in [0.4, 0.5) is 5.82 Å². The van der Waals surface area contributed by atoms with Crippen molar-refractivity contribution in [3.05, 3.63) is 23.4 Å². The Morgan fingerprint density at radius 3 is 2.73 bits per heavy atom. The fourth-order valence-electron chi connectivity index (χ4n) is 1.83. The van der Waals surface area contributed by atoms with Gasteiger partial charge < -0.3 is 10.0 Å². The average molecular weight is 227 g/mol. The first kappa shape index (κ1) is 10.7. The van der Waals surface area contributed by atoms with Crippen LogP contribution in [-0.2, 0) is 0 Å². The quantitative estimate of drug-likeness (QED) is 0.854. The lowest BCUT2D eigenvalue weighted by Crippen LogP contribution is -2.42. The van der Waals surface area contributed by atoms with Crippen molar-refractivity contribution < 1.29 is 5.11 Å². The van der Waals surface area contributed by atoms with E-state index in [0.717, 1.165) is 5.82 Å². The number of halogens is 1. The molecule has 0 amide bonds. The van der Waals surface area contributed by atoms with Gasteiger partial charge in [-0.1, -0.05) is 11.6 Å². The SMILES string of the molecule is OCCN(c1ccc(Cl)cn1)C1CCC1. The maximum atomic E-state index is 9.03. The molecule has 0 radical (unpaired) electrons. The van der Waals surface area contributed by atoms with Crippen LogP contribution in [0.2, 0.25) is 5.02 Å². The molecule has 1 heterocycles. The van der Waals surface area contributed by atoms with Crippen molar-refractivity contribution >= 4 is 17.4 Å². The van der Waals surface area contributed by atoms with Gasteiger partial charge in [-0.2, -0.15) is 0 Å². The zero-order chi connectivity index (χ0) is 10.7. The van der Waals surface area contributed by atoms with E-state index in [2.05, 4.69) is 9.88 Å². The van der Waals surface area contributed by atoms with Crippen LogP contribution >= 0.6 is 11.6 Å². The highest BCUT2D eigenvalue weighted by atomic mass is 35.5. The molecule has 0 bridgehead atoms. The predicted molar refractivity (Wildman–Crippen MR) is 61.3 cm³/mol. The molecule has 0 saturated heterocycles. The summed E-state index contributed by atoms with van der Waals surface area (Å²) in [4.78, 5) is 6.45. The Labute approximate surface area is 94.7 Å². The van der Waals surface area contributed by atoms with Gasteiger partial charge in [0.2, 0.25) is 0 Å². The van der Waals surface area contributed by atoms with Gasteiger partial charge in [-0.15, -0.1) is 0 Å². The highest BCUT2D eigenvalue weighted by Gasteiger charge is 2.25. The third-order valence-electron chi connectivity index (χ3n) is 2.86. The molecule has 82 valence electrons. The molecule has 1 aromatic heterocycles. The fraction of sp³-hybridized carbons (Fsp3) is 0.545. The van der Waals surface area contributed by atoms with E-state index in [1.165, 1.54) is 19.3 Å².